The van der Waals surface area contributed by atoms with Crippen molar-refractivity contribution in [3.8, 4) is 17.1 Å². The predicted molar refractivity (Wildman–Crippen MR) is 156 cm³/mol. The Labute approximate surface area is 228 Å². The molecule has 0 unspecified atom stereocenters. The van der Waals surface area contributed by atoms with Gasteiger partial charge in [-0.25, -0.2) is 15.0 Å². The van der Waals surface area contributed by atoms with Crippen LogP contribution in [0.3, 0.4) is 0 Å². The molecule has 1 amide bonds. The zero-order chi connectivity index (χ0) is 26.8. The molecule has 3 N–H and O–H groups in total. The summed E-state index contributed by atoms with van der Waals surface area (Å²) >= 11 is 0. The predicted octanol–water partition coefficient (Wildman–Crippen LogP) is 3.78. The van der Waals surface area contributed by atoms with Gasteiger partial charge in [-0.3, -0.25) is 9.36 Å². The van der Waals surface area contributed by atoms with E-state index >= 15 is 0 Å². The molecule has 2 radical (unpaired) electrons. The summed E-state index contributed by atoms with van der Waals surface area (Å²) in [6.45, 7) is 2.41. The van der Waals surface area contributed by atoms with E-state index in [4.69, 9.17) is 23.5 Å². The van der Waals surface area contributed by atoms with Crippen molar-refractivity contribution in [1.29, 1.82) is 0 Å². The van der Waals surface area contributed by atoms with Crippen LogP contribution in [0.2, 0.25) is 0 Å². The second-order valence-corrected chi connectivity index (χ2v) is 9.74. The summed E-state index contributed by atoms with van der Waals surface area (Å²) < 4.78 is 2.03. The van der Waals surface area contributed by atoms with Crippen molar-refractivity contribution in [3.05, 3.63) is 90.1 Å². The van der Waals surface area contributed by atoms with Crippen molar-refractivity contribution in [2.45, 2.75) is 25.8 Å². The Morgan fingerprint density at radius 3 is 2.44 bits per heavy atom. The van der Waals surface area contributed by atoms with Gasteiger partial charge in [0.25, 0.3) is 5.91 Å². The van der Waals surface area contributed by atoms with Crippen LogP contribution in [-0.4, -0.2) is 46.4 Å². The number of nitrogens with zero attached hydrogens (tertiary/aromatic N) is 5. The standard InChI is InChI=1S/C30H28BN7O/c31-22-10-8-21(9-11-22)30(39)34-19-20-6-12-23(13-7-20)38-28(24-5-4-16-33-27(24)32)35-25-14-15-26(36-29(25)38)37-17-2-1-3-18-37/h4-16H,1-3,17-19H2,(H2,32,33)(H,34,39). The maximum atomic E-state index is 12.5. The number of amides is 1. The second-order valence-electron chi connectivity index (χ2n) is 9.74. The molecule has 3 aromatic heterocycles. The Hall–Kier alpha value is -4.66. The molecule has 8 nitrogen and oxygen atoms in total. The van der Waals surface area contributed by atoms with E-state index in [-0.39, 0.29) is 5.91 Å². The highest BCUT2D eigenvalue weighted by atomic mass is 16.1. The minimum absolute atomic E-state index is 0.150. The molecule has 2 aromatic carbocycles. The summed E-state index contributed by atoms with van der Waals surface area (Å²) in [5.74, 6) is 1.90. The number of aromatic nitrogens is 4. The van der Waals surface area contributed by atoms with Crippen molar-refractivity contribution < 1.29 is 4.79 Å². The lowest BCUT2D eigenvalue weighted by atomic mass is 9.95. The number of fused-ring (bicyclic) bond motifs is 1. The molecule has 0 saturated carbocycles. The quantitative estimate of drug-likeness (QED) is 0.335. The molecule has 1 aliphatic heterocycles. The molecule has 0 aliphatic carbocycles. The van der Waals surface area contributed by atoms with Crippen molar-refractivity contribution in [3.63, 3.8) is 0 Å². The molecule has 39 heavy (non-hydrogen) atoms. The van der Waals surface area contributed by atoms with Crippen LogP contribution in [0.1, 0.15) is 35.2 Å². The number of carbonyl (C=O) groups is 1. The number of nitrogen functional groups attached to an aromatic ring is 1. The zero-order valence-electron chi connectivity index (χ0n) is 21.5. The largest absolute Gasteiger partial charge is 0.383 e. The normalized spacial score (nSPS) is 13.5. The van der Waals surface area contributed by atoms with Gasteiger partial charge < -0.3 is 16.0 Å². The van der Waals surface area contributed by atoms with E-state index in [2.05, 4.69) is 15.2 Å². The fourth-order valence-corrected chi connectivity index (χ4v) is 4.96. The van der Waals surface area contributed by atoms with Crippen LogP contribution in [-0.2, 0) is 6.54 Å². The molecule has 0 bridgehead atoms. The average molecular weight is 513 g/mol. The molecule has 0 atom stereocenters. The number of hydrogen-bond donors (Lipinski definition) is 2. The van der Waals surface area contributed by atoms with Gasteiger partial charge in [0.15, 0.2) is 11.5 Å². The Morgan fingerprint density at radius 1 is 0.923 bits per heavy atom. The molecule has 6 rings (SSSR count). The minimum Gasteiger partial charge on any atom is -0.383 e. The van der Waals surface area contributed by atoms with Crippen molar-refractivity contribution in [1.82, 2.24) is 24.8 Å². The molecule has 4 heterocycles. The summed E-state index contributed by atoms with van der Waals surface area (Å²) in [5.41, 5.74) is 11.6. The number of nitrogens with one attached hydrogen (secondary N) is 1. The summed E-state index contributed by atoms with van der Waals surface area (Å²) in [5, 5.41) is 2.97. The maximum absolute atomic E-state index is 12.5. The number of benzene rings is 2. The van der Waals surface area contributed by atoms with Gasteiger partial charge in [0, 0.05) is 37.1 Å². The molecule has 0 spiro atoms. The van der Waals surface area contributed by atoms with Gasteiger partial charge in [-0.15, -0.1) is 0 Å². The van der Waals surface area contributed by atoms with Crippen LogP contribution in [0.25, 0.3) is 28.2 Å². The molecule has 5 aromatic rings. The first-order valence-electron chi connectivity index (χ1n) is 13.2. The number of rotatable bonds is 6. The summed E-state index contributed by atoms with van der Waals surface area (Å²) in [4.78, 5) is 29.2. The maximum Gasteiger partial charge on any atom is 0.251 e. The summed E-state index contributed by atoms with van der Waals surface area (Å²) in [6.07, 6.45) is 5.28. The highest BCUT2D eigenvalue weighted by Crippen LogP contribution is 2.31. The van der Waals surface area contributed by atoms with Gasteiger partial charge in [-0.05, 0) is 61.2 Å². The first-order valence-corrected chi connectivity index (χ1v) is 13.2. The van der Waals surface area contributed by atoms with Crippen LogP contribution < -0.4 is 21.4 Å². The second kappa shape index (κ2) is 10.6. The van der Waals surface area contributed by atoms with Gasteiger partial charge >= 0.3 is 0 Å². The molecule has 1 fully saturated rings. The number of carbonyl (C=O) groups excluding carboxylic acids is 1. The lowest BCUT2D eigenvalue weighted by molar-refractivity contribution is 0.0951. The highest BCUT2D eigenvalue weighted by Gasteiger charge is 2.20. The van der Waals surface area contributed by atoms with Gasteiger partial charge in [-0.1, -0.05) is 41.9 Å². The van der Waals surface area contributed by atoms with E-state index in [0.29, 0.717) is 29.2 Å². The Morgan fingerprint density at radius 2 is 1.69 bits per heavy atom. The lowest BCUT2D eigenvalue weighted by Crippen LogP contribution is -2.30. The molecule has 1 aliphatic rings. The molecular weight excluding hydrogens is 485 g/mol. The van der Waals surface area contributed by atoms with E-state index in [1.54, 1.807) is 30.5 Å². The highest BCUT2D eigenvalue weighted by molar-refractivity contribution is 6.32. The summed E-state index contributed by atoms with van der Waals surface area (Å²) in [6, 6.07) is 22.7. The SMILES string of the molecule is [B]c1ccc(C(=O)NCc2ccc(-n3c(-c4cccnc4N)nc4ccc(N5CCCCC5)nc43)cc2)cc1. The topological polar surface area (TPSA) is 102 Å². The average Bonchev–Trinajstić information content (AvgIpc) is 3.36. The van der Waals surface area contributed by atoms with E-state index < -0.39 is 0 Å². The first-order chi connectivity index (χ1) is 19.1. The molecule has 1 saturated heterocycles. The van der Waals surface area contributed by atoms with Gasteiger partial charge in [0.2, 0.25) is 0 Å². The number of imidazole rings is 1. The smallest absolute Gasteiger partial charge is 0.251 e. The monoisotopic (exact) mass is 513 g/mol. The Balaban J connectivity index is 1.34. The molecule has 192 valence electrons. The van der Waals surface area contributed by atoms with E-state index in [1.807, 2.05) is 53.1 Å². The Bertz CT molecular complexity index is 1620. The minimum atomic E-state index is -0.150. The van der Waals surface area contributed by atoms with Gasteiger partial charge in [0.1, 0.15) is 25.0 Å². The number of nitrogens with two attached hydrogens (primary N) is 1. The van der Waals surface area contributed by atoms with Crippen LogP contribution in [0.15, 0.2) is 79.0 Å². The van der Waals surface area contributed by atoms with Crippen LogP contribution >= 0.6 is 0 Å². The summed E-state index contributed by atoms with van der Waals surface area (Å²) in [7, 11) is 5.73. The lowest BCUT2D eigenvalue weighted by Gasteiger charge is -2.27. The van der Waals surface area contributed by atoms with Gasteiger partial charge in [-0.2, -0.15) is 0 Å². The Kier molecular flexibility index (Phi) is 6.71. The van der Waals surface area contributed by atoms with Crippen molar-refractivity contribution in [2.75, 3.05) is 23.7 Å². The fraction of sp³-hybridized carbons (Fsp3) is 0.200. The third kappa shape index (κ3) is 5.08. The molecular formula is C30H28BN7O. The van der Waals surface area contributed by atoms with Gasteiger partial charge in [0.05, 0.1) is 5.56 Å². The molecule has 9 heteroatoms. The fourth-order valence-electron chi connectivity index (χ4n) is 4.96. The number of piperidine rings is 1. The van der Waals surface area contributed by atoms with Crippen molar-refractivity contribution >= 4 is 42.0 Å². The third-order valence-electron chi connectivity index (χ3n) is 7.07. The third-order valence-corrected chi connectivity index (χ3v) is 7.07. The first kappa shape index (κ1) is 24.7. The van der Waals surface area contributed by atoms with E-state index in [1.165, 1.54) is 19.3 Å². The number of pyridine rings is 2. The zero-order valence-corrected chi connectivity index (χ0v) is 21.5. The van der Waals surface area contributed by atoms with Crippen LogP contribution in [0.4, 0.5) is 11.6 Å². The van der Waals surface area contributed by atoms with E-state index in [9.17, 15) is 4.79 Å². The number of hydrogen-bond acceptors (Lipinski definition) is 6. The van der Waals surface area contributed by atoms with Crippen molar-refractivity contribution in [2.24, 2.45) is 0 Å². The number of anilines is 2. The van der Waals surface area contributed by atoms with Crippen LogP contribution in [0, 0.1) is 0 Å². The van der Waals surface area contributed by atoms with Crippen LogP contribution in [0.5, 0.6) is 0 Å². The van der Waals surface area contributed by atoms with E-state index in [0.717, 1.165) is 46.9 Å².